The lowest BCUT2D eigenvalue weighted by Gasteiger charge is -2.37. The first-order valence-electron chi connectivity index (χ1n) is 6.89. The van der Waals surface area contributed by atoms with Crippen molar-refractivity contribution in [3.8, 4) is 0 Å². The number of hydrogen-bond acceptors (Lipinski definition) is 5. The van der Waals surface area contributed by atoms with Gasteiger partial charge in [-0.1, -0.05) is 11.8 Å². The Morgan fingerprint density at radius 1 is 1.40 bits per heavy atom. The third-order valence-electron chi connectivity index (χ3n) is 3.84. The Kier molecular flexibility index (Phi) is 4.86. The molecule has 0 radical (unpaired) electrons. The van der Waals surface area contributed by atoms with Crippen LogP contribution in [0.3, 0.4) is 0 Å². The van der Waals surface area contributed by atoms with E-state index in [-0.39, 0.29) is 5.91 Å². The average Bonchev–Trinajstić information content (AvgIpc) is 2.45. The lowest BCUT2D eigenvalue weighted by atomic mass is 10.0. The molecule has 0 spiro atoms. The molecule has 5 nitrogen and oxygen atoms in total. The zero-order chi connectivity index (χ0) is 14.7. The minimum absolute atomic E-state index is 0.144. The minimum atomic E-state index is 0.144. The van der Waals surface area contributed by atoms with Crippen molar-refractivity contribution in [1.82, 2.24) is 14.9 Å². The van der Waals surface area contributed by atoms with Gasteiger partial charge in [-0.3, -0.25) is 4.79 Å². The monoisotopic (exact) mass is 294 g/mol. The highest BCUT2D eigenvalue weighted by Crippen LogP contribution is 2.23. The summed E-state index contributed by atoms with van der Waals surface area (Å²) < 4.78 is 0. The molecule has 0 bridgehead atoms. The minimum Gasteiger partial charge on any atom is -0.356 e. The molecule has 1 fully saturated rings. The Morgan fingerprint density at radius 2 is 2.05 bits per heavy atom. The van der Waals surface area contributed by atoms with Crippen molar-refractivity contribution >= 4 is 23.5 Å². The summed E-state index contributed by atoms with van der Waals surface area (Å²) in [7, 11) is 1.89. The van der Waals surface area contributed by atoms with Crippen LogP contribution in [0.5, 0.6) is 0 Å². The number of nitrogens with zero attached hydrogens (tertiary/aromatic N) is 4. The fourth-order valence-corrected chi connectivity index (χ4v) is 2.94. The first-order valence-corrected chi connectivity index (χ1v) is 8.11. The molecule has 1 amide bonds. The van der Waals surface area contributed by atoms with Gasteiger partial charge >= 0.3 is 0 Å². The second-order valence-corrected chi connectivity index (χ2v) is 5.98. The fourth-order valence-electron chi connectivity index (χ4n) is 2.52. The summed E-state index contributed by atoms with van der Waals surface area (Å²) in [5.74, 6) is 1.15. The van der Waals surface area contributed by atoms with Gasteiger partial charge in [0.2, 0.25) is 5.91 Å². The SMILES string of the molecule is CSc1nc(C)cc(N2CCC(N(C)C(C)=O)CC2)n1. The van der Waals surface area contributed by atoms with Gasteiger partial charge in [0.15, 0.2) is 5.16 Å². The van der Waals surface area contributed by atoms with Gasteiger partial charge in [0.1, 0.15) is 5.82 Å². The molecule has 1 aliphatic heterocycles. The second kappa shape index (κ2) is 6.43. The molecule has 0 N–H and O–H groups in total. The predicted molar refractivity (Wildman–Crippen MR) is 82.2 cm³/mol. The van der Waals surface area contributed by atoms with Crippen LogP contribution >= 0.6 is 11.8 Å². The second-order valence-electron chi connectivity index (χ2n) is 5.20. The summed E-state index contributed by atoms with van der Waals surface area (Å²) in [5, 5.41) is 0.822. The normalized spacial score (nSPS) is 16.3. The van der Waals surface area contributed by atoms with Crippen LogP contribution in [-0.2, 0) is 4.79 Å². The number of thioether (sulfide) groups is 1. The Bertz CT molecular complexity index is 486. The van der Waals surface area contributed by atoms with E-state index in [1.54, 1.807) is 18.7 Å². The third kappa shape index (κ3) is 3.42. The zero-order valence-corrected chi connectivity index (χ0v) is 13.4. The van der Waals surface area contributed by atoms with E-state index in [2.05, 4.69) is 14.9 Å². The highest BCUT2D eigenvalue weighted by molar-refractivity contribution is 7.98. The molecule has 110 valence electrons. The molecule has 0 atom stereocenters. The van der Waals surface area contributed by atoms with Gasteiger partial charge in [-0.15, -0.1) is 0 Å². The zero-order valence-electron chi connectivity index (χ0n) is 12.6. The van der Waals surface area contributed by atoms with Gasteiger partial charge < -0.3 is 9.80 Å². The molecule has 2 heterocycles. The molecule has 20 heavy (non-hydrogen) atoms. The van der Waals surface area contributed by atoms with Crippen molar-refractivity contribution in [2.45, 2.75) is 37.9 Å². The number of aryl methyl sites for hydroxylation is 1. The fraction of sp³-hybridized carbons (Fsp3) is 0.643. The molecule has 1 saturated heterocycles. The summed E-state index contributed by atoms with van der Waals surface area (Å²) in [6.07, 6.45) is 3.98. The summed E-state index contributed by atoms with van der Waals surface area (Å²) in [6.45, 7) is 5.51. The number of amides is 1. The van der Waals surface area contributed by atoms with Gasteiger partial charge in [-0.25, -0.2) is 9.97 Å². The maximum Gasteiger partial charge on any atom is 0.219 e. The highest BCUT2D eigenvalue weighted by atomic mass is 32.2. The van der Waals surface area contributed by atoms with E-state index in [1.165, 1.54) is 0 Å². The number of anilines is 1. The quantitative estimate of drug-likeness (QED) is 0.630. The molecule has 0 saturated carbocycles. The van der Waals surface area contributed by atoms with Crippen LogP contribution in [0.15, 0.2) is 11.2 Å². The van der Waals surface area contributed by atoms with Crippen LogP contribution in [0.1, 0.15) is 25.5 Å². The summed E-state index contributed by atoms with van der Waals surface area (Å²) in [4.78, 5) is 24.5. The first-order chi connectivity index (χ1) is 9.51. The lowest BCUT2D eigenvalue weighted by molar-refractivity contribution is -0.129. The number of piperidine rings is 1. The van der Waals surface area contributed by atoms with Crippen molar-refractivity contribution in [3.63, 3.8) is 0 Å². The van der Waals surface area contributed by atoms with E-state index in [1.807, 2.05) is 31.2 Å². The van der Waals surface area contributed by atoms with Gasteiger partial charge in [-0.2, -0.15) is 0 Å². The summed E-state index contributed by atoms with van der Waals surface area (Å²) >= 11 is 1.57. The number of hydrogen-bond donors (Lipinski definition) is 0. The van der Waals surface area contributed by atoms with E-state index >= 15 is 0 Å². The van der Waals surface area contributed by atoms with Gasteiger partial charge in [0, 0.05) is 44.9 Å². The molecule has 1 aliphatic rings. The molecule has 0 unspecified atom stereocenters. The smallest absolute Gasteiger partial charge is 0.219 e. The van der Waals surface area contributed by atoms with Crippen molar-refractivity contribution in [1.29, 1.82) is 0 Å². The summed E-state index contributed by atoms with van der Waals surface area (Å²) in [5.41, 5.74) is 1.00. The topological polar surface area (TPSA) is 49.3 Å². The molecular formula is C14H22N4OS. The molecule has 2 rings (SSSR count). The Morgan fingerprint density at radius 3 is 2.60 bits per heavy atom. The molecule has 6 heteroatoms. The molecular weight excluding hydrogens is 272 g/mol. The molecule has 0 aromatic carbocycles. The van der Waals surface area contributed by atoms with E-state index in [0.717, 1.165) is 42.6 Å². The highest BCUT2D eigenvalue weighted by Gasteiger charge is 2.24. The predicted octanol–water partition coefficient (Wildman–Crippen LogP) is 1.95. The molecule has 0 aliphatic carbocycles. The first kappa shape index (κ1) is 15.1. The van der Waals surface area contributed by atoms with Crippen molar-refractivity contribution < 1.29 is 4.79 Å². The number of carbonyl (C=O) groups excluding carboxylic acids is 1. The van der Waals surface area contributed by atoms with E-state index < -0.39 is 0 Å². The van der Waals surface area contributed by atoms with Crippen molar-refractivity contribution in [3.05, 3.63) is 11.8 Å². The summed E-state index contributed by atoms with van der Waals surface area (Å²) in [6, 6.07) is 2.39. The van der Waals surface area contributed by atoms with Crippen molar-refractivity contribution in [2.24, 2.45) is 0 Å². The van der Waals surface area contributed by atoms with Crippen LogP contribution in [0, 0.1) is 6.92 Å². The van der Waals surface area contributed by atoms with Crippen molar-refractivity contribution in [2.75, 3.05) is 31.3 Å². The Balaban J connectivity index is 2.03. The largest absolute Gasteiger partial charge is 0.356 e. The number of carbonyl (C=O) groups is 1. The third-order valence-corrected chi connectivity index (χ3v) is 4.38. The van der Waals surface area contributed by atoms with Crippen LogP contribution in [0.2, 0.25) is 0 Å². The Labute approximate surface area is 124 Å². The van der Waals surface area contributed by atoms with E-state index in [4.69, 9.17) is 0 Å². The van der Waals surface area contributed by atoms with Crippen LogP contribution in [0.4, 0.5) is 5.82 Å². The standard InChI is InChI=1S/C14H22N4OS/c1-10-9-13(16-14(15-10)20-4)18-7-5-12(6-8-18)17(3)11(2)19/h9,12H,5-8H2,1-4H3. The number of aromatic nitrogens is 2. The van der Waals surface area contributed by atoms with Gasteiger partial charge in [-0.05, 0) is 26.0 Å². The average molecular weight is 294 g/mol. The van der Waals surface area contributed by atoms with E-state index in [9.17, 15) is 4.79 Å². The van der Waals surface area contributed by atoms with E-state index in [0.29, 0.717) is 6.04 Å². The molecule has 1 aromatic rings. The molecule has 1 aromatic heterocycles. The van der Waals surface area contributed by atoms with Crippen LogP contribution < -0.4 is 4.90 Å². The lowest BCUT2D eigenvalue weighted by Crippen LogP contribution is -2.45. The maximum atomic E-state index is 11.4. The Hall–Kier alpha value is -1.30. The van der Waals surface area contributed by atoms with Crippen LogP contribution in [-0.4, -0.2) is 53.2 Å². The van der Waals surface area contributed by atoms with Crippen LogP contribution in [0.25, 0.3) is 0 Å². The van der Waals surface area contributed by atoms with Gasteiger partial charge in [0.25, 0.3) is 0 Å². The number of rotatable bonds is 3. The maximum absolute atomic E-state index is 11.4. The van der Waals surface area contributed by atoms with Gasteiger partial charge in [0.05, 0.1) is 0 Å².